The summed E-state index contributed by atoms with van der Waals surface area (Å²) in [6, 6.07) is 5.28. The zero-order valence-corrected chi connectivity index (χ0v) is 12.2. The average molecular weight is 295 g/mol. The topological polar surface area (TPSA) is 60.5 Å². The standard InChI is InChI=1S/C14H15ClN2O3/c1-16-7-9-5-10(15)4-8-6-11(14(18)20-3)13(19-2)17-12(8)9/h4-6,16H,7H2,1-3H3. The van der Waals surface area contributed by atoms with Gasteiger partial charge in [-0.15, -0.1) is 0 Å². The Morgan fingerprint density at radius 3 is 2.70 bits per heavy atom. The maximum Gasteiger partial charge on any atom is 0.343 e. The average Bonchev–Trinajstić information content (AvgIpc) is 2.45. The minimum Gasteiger partial charge on any atom is -0.480 e. The third-order valence-corrected chi connectivity index (χ3v) is 3.11. The van der Waals surface area contributed by atoms with Gasteiger partial charge >= 0.3 is 5.97 Å². The molecule has 106 valence electrons. The number of ether oxygens (including phenoxy) is 2. The molecule has 0 aliphatic heterocycles. The Hall–Kier alpha value is -1.85. The van der Waals surface area contributed by atoms with Gasteiger partial charge in [-0.3, -0.25) is 0 Å². The molecular formula is C14H15ClN2O3. The zero-order chi connectivity index (χ0) is 14.7. The lowest BCUT2D eigenvalue weighted by atomic mass is 10.1. The molecule has 0 amide bonds. The van der Waals surface area contributed by atoms with Gasteiger partial charge in [-0.25, -0.2) is 9.78 Å². The van der Waals surface area contributed by atoms with Crippen molar-refractivity contribution in [2.75, 3.05) is 21.3 Å². The molecule has 1 aromatic carbocycles. The van der Waals surface area contributed by atoms with E-state index in [1.54, 1.807) is 12.1 Å². The van der Waals surface area contributed by atoms with Crippen molar-refractivity contribution in [2.45, 2.75) is 6.54 Å². The molecule has 2 aromatic rings. The van der Waals surface area contributed by atoms with Crippen LogP contribution in [-0.2, 0) is 11.3 Å². The van der Waals surface area contributed by atoms with Crippen molar-refractivity contribution in [1.29, 1.82) is 0 Å². The van der Waals surface area contributed by atoms with Gasteiger partial charge < -0.3 is 14.8 Å². The number of nitrogens with one attached hydrogen (secondary N) is 1. The second-order valence-corrected chi connectivity index (χ2v) is 4.64. The predicted octanol–water partition coefficient (Wildman–Crippen LogP) is 2.40. The first-order chi connectivity index (χ1) is 9.60. The van der Waals surface area contributed by atoms with E-state index in [4.69, 9.17) is 21.1 Å². The number of carbonyl (C=O) groups excluding carboxylic acids is 1. The van der Waals surface area contributed by atoms with Crippen molar-refractivity contribution in [3.8, 4) is 5.88 Å². The number of pyridine rings is 1. The first-order valence-electron chi connectivity index (χ1n) is 6.00. The summed E-state index contributed by atoms with van der Waals surface area (Å²) in [6.07, 6.45) is 0. The third kappa shape index (κ3) is 2.69. The van der Waals surface area contributed by atoms with Crippen LogP contribution < -0.4 is 10.1 Å². The fourth-order valence-electron chi connectivity index (χ4n) is 2.04. The molecule has 1 heterocycles. The summed E-state index contributed by atoms with van der Waals surface area (Å²) >= 11 is 6.10. The van der Waals surface area contributed by atoms with Gasteiger partial charge in [0.15, 0.2) is 0 Å². The summed E-state index contributed by atoms with van der Waals surface area (Å²) in [4.78, 5) is 16.1. The van der Waals surface area contributed by atoms with E-state index in [2.05, 4.69) is 10.3 Å². The maximum atomic E-state index is 11.7. The van der Waals surface area contributed by atoms with Gasteiger partial charge in [-0.05, 0) is 30.8 Å². The van der Waals surface area contributed by atoms with Crippen molar-refractivity contribution >= 4 is 28.5 Å². The van der Waals surface area contributed by atoms with Crippen molar-refractivity contribution in [2.24, 2.45) is 0 Å². The summed E-state index contributed by atoms with van der Waals surface area (Å²) in [5.41, 5.74) is 1.96. The summed E-state index contributed by atoms with van der Waals surface area (Å²) in [5, 5.41) is 4.41. The Morgan fingerprint density at radius 2 is 2.10 bits per heavy atom. The summed E-state index contributed by atoms with van der Waals surface area (Å²) in [6.45, 7) is 0.616. The molecule has 0 atom stereocenters. The van der Waals surface area contributed by atoms with Crippen molar-refractivity contribution in [3.05, 3.63) is 34.3 Å². The van der Waals surface area contributed by atoms with Gasteiger partial charge in [0.1, 0.15) is 5.56 Å². The molecule has 0 bridgehead atoms. The van der Waals surface area contributed by atoms with Gasteiger partial charge in [0.25, 0.3) is 0 Å². The van der Waals surface area contributed by atoms with Gasteiger partial charge in [0, 0.05) is 17.0 Å². The Morgan fingerprint density at radius 1 is 1.35 bits per heavy atom. The molecule has 20 heavy (non-hydrogen) atoms. The highest BCUT2D eigenvalue weighted by Crippen LogP contribution is 2.28. The van der Waals surface area contributed by atoms with Crippen LogP contribution in [0.3, 0.4) is 0 Å². The number of aromatic nitrogens is 1. The summed E-state index contributed by atoms with van der Waals surface area (Å²) in [7, 11) is 4.62. The molecule has 1 N–H and O–H groups in total. The normalized spacial score (nSPS) is 10.6. The number of benzene rings is 1. The zero-order valence-electron chi connectivity index (χ0n) is 11.5. The van der Waals surface area contributed by atoms with E-state index in [-0.39, 0.29) is 11.4 Å². The number of esters is 1. The SMILES string of the molecule is CNCc1cc(Cl)cc2cc(C(=O)OC)c(OC)nc12. The van der Waals surface area contributed by atoms with E-state index in [0.29, 0.717) is 11.6 Å². The predicted molar refractivity (Wildman–Crippen MR) is 77.4 cm³/mol. The molecule has 0 aliphatic carbocycles. The van der Waals surface area contributed by atoms with Crippen LogP contribution in [0.4, 0.5) is 0 Å². The molecule has 0 fully saturated rings. The lowest BCUT2D eigenvalue weighted by Gasteiger charge is -2.11. The highest BCUT2D eigenvalue weighted by molar-refractivity contribution is 6.31. The Labute approximate surface area is 121 Å². The minimum atomic E-state index is -0.494. The lowest BCUT2D eigenvalue weighted by Crippen LogP contribution is -2.09. The first kappa shape index (κ1) is 14.6. The number of carbonyl (C=O) groups is 1. The molecule has 2 rings (SSSR count). The molecule has 0 saturated heterocycles. The second kappa shape index (κ2) is 6.07. The fourth-order valence-corrected chi connectivity index (χ4v) is 2.29. The Bertz CT molecular complexity index is 658. The first-order valence-corrected chi connectivity index (χ1v) is 6.38. The second-order valence-electron chi connectivity index (χ2n) is 4.20. The van der Waals surface area contributed by atoms with Gasteiger partial charge in [0.2, 0.25) is 5.88 Å². The van der Waals surface area contributed by atoms with Crippen molar-refractivity contribution in [1.82, 2.24) is 10.3 Å². The van der Waals surface area contributed by atoms with Crippen LogP contribution in [0.5, 0.6) is 5.88 Å². The van der Waals surface area contributed by atoms with Crippen LogP contribution >= 0.6 is 11.6 Å². The van der Waals surface area contributed by atoms with E-state index in [1.165, 1.54) is 14.2 Å². The number of halogens is 1. The summed E-state index contributed by atoms with van der Waals surface area (Å²) in [5.74, 6) is -0.254. The monoisotopic (exact) mass is 294 g/mol. The van der Waals surface area contributed by atoms with Crippen LogP contribution in [0, 0.1) is 0 Å². The molecule has 1 aromatic heterocycles. The number of rotatable bonds is 4. The Balaban J connectivity index is 2.72. The number of nitrogens with zero attached hydrogens (tertiary/aromatic N) is 1. The number of methoxy groups -OCH3 is 2. The highest BCUT2D eigenvalue weighted by atomic mass is 35.5. The van der Waals surface area contributed by atoms with E-state index >= 15 is 0 Å². The Kier molecular flexibility index (Phi) is 4.42. The van der Waals surface area contributed by atoms with Gasteiger partial charge in [0.05, 0.1) is 19.7 Å². The largest absolute Gasteiger partial charge is 0.480 e. The molecule has 0 saturated carbocycles. The highest BCUT2D eigenvalue weighted by Gasteiger charge is 2.17. The third-order valence-electron chi connectivity index (χ3n) is 2.89. The molecule has 0 aliphatic rings. The minimum absolute atomic E-state index is 0.240. The quantitative estimate of drug-likeness (QED) is 0.878. The molecule has 0 spiro atoms. The fraction of sp³-hybridized carbons (Fsp3) is 0.286. The van der Waals surface area contributed by atoms with Crippen molar-refractivity contribution < 1.29 is 14.3 Å². The van der Waals surface area contributed by atoms with Crippen LogP contribution in [-0.4, -0.2) is 32.2 Å². The van der Waals surface area contributed by atoms with E-state index < -0.39 is 5.97 Å². The van der Waals surface area contributed by atoms with Crippen LogP contribution in [0.15, 0.2) is 18.2 Å². The molecule has 5 nitrogen and oxygen atoms in total. The van der Waals surface area contributed by atoms with Gasteiger partial charge in [-0.1, -0.05) is 11.6 Å². The van der Waals surface area contributed by atoms with Crippen LogP contribution in [0.1, 0.15) is 15.9 Å². The number of fused-ring (bicyclic) bond motifs is 1. The lowest BCUT2D eigenvalue weighted by molar-refractivity contribution is 0.0596. The smallest absolute Gasteiger partial charge is 0.343 e. The molecular weight excluding hydrogens is 280 g/mol. The molecule has 6 heteroatoms. The van der Waals surface area contributed by atoms with E-state index in [0.717, 1.165) is 16.5 Å². The molecule has 0 radical (unpaired) electrons. The summed E-state index contributed by atoms with van der Waals surface area (Å²) < 4.78 is 9.91. The van der Waals surface area contributed by atoms with E-state index in [9.17, 15) is 4.79 Å². The van der Waals surface area contributed by atoms with Gasteiger partial charge in [-0.2, -0.15) is 0 Å². The van der Waals surface area contributed by atoms with Crippen LogP contribution in [0.2, 0.25) is 5.02 Å². The maximum absolute atomic E-state index is 11.7. The number of hydrogen-bond acceptors (Lipinski definition) is 5. The number of hydrogen-bond donors (Lipinski definition) is 1. The molecule has 0 unspecified atom stereocenters. The van der Waals surface area contributed by atoms with E-state index in [1.807, 2.05) is 13.1 Å². The van der Waals surface area contributed by atoms with Crippen molar-refractivity contribution in [3.63, 3.8) is 0 Å². The van der Waals surface area contributed by atoms with Crippen LogP contribution in [0.25, 0.3) is 10.9 Å².